The normalized spacial score (nSPS) is 13.2. The third-order valence-corrected chi connectivity index (χ3v) is 4.48. The molecule has 0 saturated heterocycles. The van der Waals surface area contributed by atoms with Gasteiger partial charge in [0, 0.05) is 22.1 Å². The van der Waals surface area contributed by atoms with Crippen molar-refractivity contribution >= 4 is 23.2 Å². The lowest BCUT2D eigenvalue weighted by molar-refractivity contribution is -0.121. The monoisotopic (exact) mass is 344 g/mol. The highest BCUT2D eigenvalue weighted by Gasteiger charge is 2.17. The van der Waals surface area contributed by atoms with Crippen LogP contribution in [0.3, 0.4) is 0 Å². The summed E-state index contributed by atoms with van der Waals surface area (Å²) in [5.74, 6) is 0.894. The maximum Gasteiger partial charge on any atom is 0.193 e. The van der Waals surface area contributed by atoms with Gasteiger partial charge in [-0.2, -0.15) is 0 Å². The number of ketones is 2. The second-order valence-corrected chi connectivity index (χ2v) is 6.48. The molecule has 0 aromatic heterocycles. The molecule has 0 aliphatic rings. The fourth-order valence-electron chi connectivity index (χ4n) is 2.24. The molecule has 0 aliphatic heterocycles. The van der Waals surface area contributed by atoms with Crippen LogP contribution in [-0.4, -0.2) is 18.2 Å². The van der Waals surface area contributed by atoms with Crippen LogP contribution in [0.25, 0.3) is 0 Å². The lowest BCUT2D eigenvalue weighted by atomic mass is 9.93. The van der Waals surface area contributed by atoms with Gasteiger partial charge in [-0.15, -0.1) is 0 Å². The number of ether oxygens (including phenoxy) is 1. The van der Waals surface area contributed by atoms with Crippen LogP contribution in [-0.2, 0) is 4.79 Å². The van der Waals surface area contributed by atoms with Gasteiger partial charge in [0.1, 0.15) is 11.5 Å². The van der Waals surface area contributed by atoms with Gasteiger partial charge >= 0.3 is 0 Å². The van der Waals surface area contributed by atoms with Gasteiger partial charge in [-0.25, -0.2) is 0 Å². The van der Waals surface area contributed by atoms with Crippen LogP contribution in [0.2, 0.25) is 5.02 Å². The number of carbonyl (C=O) groups excluding carboxylic acids is 2. The van der Waals surface area contributed by atoms with Crippen LogP contribution in [0.1, 0.15) is 36.7 Å². The zero-order chi connectivity index (χ0) is 17.7. The maximum absolute atomic E-state index is 12.4. The summed E-state index contributed by atoms with van der Waals surface area (Å²) in [5, 5.41) is 0.601. The molecule has 0 spiro atoms. The lowest BCUT2D eigenvalue weighted by Gasteiger charge is -2.17. The number of hydrogen-bond donors (Lipinski definition) is 0. The van der Waals surface area contributed by atoms with E-state index in [1.807, 2.05) is 13.8 Å². The Morgan fingerprint density at radius 1 is 0.958 bits per heavy atom. The number of rotatable bonds is 7. The summed E-state index contributed by atoms with van der Waals surface area (Å²) < 4.78 is 5.71. The summed E-state index contributed by atoms with van der Waals surface area (Å²) >= 11 is 5.84. The molecule has 2 rings (SSSR count). The summed E-state index contributed by atoms with van der Waals surface area (Å²) in [7, 11) is 0. The van der Waals surface area contributed by atoms with Crippen LogP contribution in [0.4, 0.5) is 0 Å². The zero-order valence-corrected chi connectivity index (χ0v) is 14.8. The Balaban J connectivity index is 1.99. The van der Waals surface area contributed by atoms with E-state index in [0.717, 1.165) is 0 Å². The first kappa shape index (κ1) is 18.2. The van der Waals surface area contributed by atoms with E-state index in [1.54, 1.807) is 55.5 Å². The minimum atomic E-state index is -0.0585. The molecule has 0 bridgehead atoms. The summed E-state index contributed by atoms with van der Waals surface area (Å²) in [5.41, 5.74) is 1.19. The van der Waals surface area contributed by atoms with E-state index in [-0.39, 0.29) is 23.4 Å². The molecular formula is C20H21ClO3. The van der Waals surface area contributed by atoms with Gasteiger partial charge in [-0.3, -0.25) is 9.59 Å². The third kappa shape index (κ3) is 4.68. The molecule has 0 aliphatic carbocycles. The quantitative estimate of drug-likeness (QED) is 0.677. The average Bonchev–Trinajstić information content (AvgIpc) is 2.59. The maximum atomic E-state index is 12.4. The van der Waals surface area contributed by atoms with Gasteiger partial charge in [-0.05, 0) is 61.4 Å². The van der Waals surface area contributed by atoms with Crippen molar-refractivity contribution in [3.8, 4) is 5.75 Å². The van der Waals surface area contributed by atoms with Gasteiger partial charge in [-0.1, -0.05) is 25.4 Å². The van der Waals surface area contributed by atoms with Crippen LogP contribution in [0.15, 0.2) is 48.5 Å². The first-order chi connectivity index (χ1) is 11.4. The molecule has 24 heavy (non-hydrogen) atoms. The van der Waals surface area contributed by atoms with Gasteiger partial charge in [0.2, 0.25) is 0 Å². The van der Waals surface area contributed by atoms with E-state index in [4.69, 9.17) is 16.3 Å². The molecule has 0 radical (unpaired) electrons. The molecule has 2 unspecified atom stereocenters. The summed E-state index contributed by atoms with van der Waals surface area (Å²) in [6.07, 6.45) is 0. The van der Waals surface area contributed by atoms with Crippen LogP contribution >= 0.6 is 11.6 Å². The number of carbonyl (C=O) groups is 2. The molecule has 2 aromatic carbocycles. The van der Waals surface area contributed by atoms with Crippen molar-refractivity contribution in [1.29, 1.82) is 0 Å². The standard InChI is InChI=1S/C20H21ClO3/c1-13(14(2)15(3)22)12-24-19-10-6-17(7-11-19)20(23)16-4-8-18(21)9-5-16/h4-11,13-14H,12H2,1-3H3. The van der Waals surface area contributed by atoms with Crippen molar-refractivity contribution in [2.75, 3.05) is 6.61 Å². The number of Topliss-reactive ketones (excluding diaryl/α,β-unsaturated/α-hetero) is 1. The van der Waals surface area contributed by atoms with Crippen LogP contribution in [0, 0.1) is 11.8 Å². The van der Waals surface area contributed by atoms with E-state index < -0.39 is 0 Å². The Morgan fingerprint density at radius 2 is 1.46 bits per heavy atom. The topological polar surface area (TPSA) is 43.4 Å². The molecule has 0 saturated carbocycles. The predicted molar refractivity (Wildman–Crippen MR) is 95.8 cm³/mol. The van der Waals surface area contributed by atoms with Crippen LogP contribution in [0.5, 0.6) is 5.75 Å². The Kier molecular flexibility index (Phi) is 6.16. The van der Waals surface area contributed by atoms with E-state index in [1.165, 1.54) is 0 Å². The SMILES string of the molecule is CC(=O)C(C)C(C)COc1ccc(C(=O)c2ccc(Cl)cc2)cc1. The van der Waals surface area contributed by atoms with Crippen molar-refractivity contribution in [1.82, 2.24) is 0 Å². The Morgan fingerprint density at radius 3 is 1.96 bits per heavy atom. The molecule has 126 valence electrons. The molecular weight excluding hydrogens is 324 g/mol. The molecule has 4 heteroatoms. The predicted octanol–water partition coefficient (Wildman–Crippen LogP) is 4.81. The third-order valence-electron chi connectivity index (χ3n) is 4.23. The summed E-state index contributed by atoms with van der Waals surface area (Å²) in [4.78, 5) is 23.7. The van der Waals surface area contributed by atoms with Crippen LogP contribution < -0.4 is 4.74 Å². The molecule has 2 atom stereocenters. The molecule has 0 heterocycles. The van der Waals surface area contributed by atoms with Gasteiger partial charge < -0.3 is 4.74 Å². The first-order valence-corrected chi connectivity index (χ1v) is 8.30. The molecule has 0 N–H and O–H groups in total. The molecule has 0 fully saturated rings. The van der Waals surface area contributed by atoms with Gasteiger partial charge in [0.05, 0.1) is 6.61 Å². The number of halogens is 1. The Labute approximate surface area is 147 Å². The highest BCUT2D eigenvalue weighted by atomic mass is 35.5. The minimum Gasteiger partial charge on any atom is -0.493 e. The van der Waals surface area contributed by atoms with E-state index >= 15 is 0 Å². The highest BCUT2D eigenvalue weighted by molar-refractivity contribution is 6.30. The molecule has 2 aromatic rings. The largest absolute Gasteiger partial charge is 0.493 e. The Hall–Kier alpha value is -2.13. The number of benzene rings is 2. The van der Waals surface area contributed by atoms with E-state index in [2.05, 4.69) is 0 Å². The summed E-state index contributed by atoms with van der Waals surface area (Å²) in [6.45, 7) is 5.96. The summed E-state index contributed by atoms with van der Waals surface area (Å²) in [6, 6.07) is 13.8. The fourth-order valence-corrected chi connectivity index (χ4v) is 2.37. The molecule has 0 amide bonds. The van der Waals surface area contributed by atoms with Crippen molar-refractivity contribution in [2.45, 2.75) is 20.8 Å². The van der Waals surface area contributed by atoms with Crippen molar-refractivity contribution in [3.05, 3.63) is 64.7 Å². The van der Waals surface area contributed by atoms with Gasteiger partial charge in [0.25, 0.3) is 0 Å². The smallest absolute Gasteiger partial charge is 0.193 e. The van der Waals surface area contributed by atoms with Crippen molar-refractivity contribution in [3.63, 3.8) is 0 Å². The second-order valence-electron chi connectivity index (χ2n) is 6.05. The average molecular weight is 345 g/mol. The van der Waals surface area contributed by atoms with E-state index in [9.17, 15) is 9.59 Å². The zero-order valence-electron chi connectivity index (χ0n) is 14.1. The van der Waals surface area contributed by atoms with E-state index in [0.29, 0.717) is 28.5 Å². The van der Waals surface area contributed by atoms with Gasteiger partial charge in [0.15, 0.2) is 5.78 Å². The molecule has 3 nitrogen and oxygen atoms in total. The Bertz CT molecular complexity index is 705. The lowest BCUT2D eigenvalue weighted by Crippen LogP contribution is -2.22. The van der Waals surface area contributed by atoms with Crippen molar-refractivity contribution < 1.29 is 14.3 Å². The highest BCUT2D eigenvalue weighted by Crippen LogP contribution is 2.19. The van der Waals surface area contributed by atoms with Crippen molar-refractivity contribution in [2.24, 2.45) is 11.8 Å². The minimum absolute atomic E-state index is 0.0317. The fraction of sp³-hybridized carbons (Fsp3) is 0.300. The first-order valence-electron chi connectivity index (χ1n) is 7.92. The number of hydrogen-bond acceptors (Lipinski definition) is 3. The second kappa shape index (κ2) is 8.11.